The van der Waals surface area contributed by atoms with E-state index in [0.29, 0.717) is 16.6 Å². The minimum Gasteiger partial charge on any atom is -0.342 e. The summed E-state index contributed by atoms with van der Waals surface area (Å²) < 4.78 is 0.554. The van der Waals surface area contributed by atoms with Crippen LogP contribution in [0.1, 0.15) is 23.2 Å². The highest BCUT2D eigenvalue weighted by atomic mass is 79.9. The molecule has 0 aliphatic carbocycles. The summed E-state index contributed by atoms with van der Waals surface area (Å²) in [7, 11) is 1.68. The molecule has 0 fully saturated rings. The van der Waals surface area contributed by atoms with Gasteiger partial charge in [0.1, 0.15) is 0 Å². The maximum absolute atomic E-state index is 12.2. The third-order valence-corrected chi connectivity index (χ3v) is 3.33. The number of carbonyl (C=O) groups excluding carboxylic acids is 1. The van der Waals surface area contributed by atoms with Gasteiger partial charge in [0.05, 0.1) is 10.5 Å². The van der Waals surface area contributed by atoms with E-state index in [1.807, 2.05) is 0 Å². The van der Waals surface area contributed by atoms with Crippen molar-refractivity contribution in [2.45, 2.75) is 12.8 Å². The van der Waals surface area contributed by atoms with Crippen LogP contribution >= 0.6 is 15.9 Å². The number of nitro groups is 1. The molecule has 6 heteroatoms. The average Bonchev–Trinajstić information content (AvgIpc) is 2.38. The van der Waals surface area contributed by atoms with Crippen LogP contribution in [0.5, 0.6) is 0 Å². The molecule has 0 heterocycles. The van der Waals surface area contributed by atoms with Crippen LogP contribution in [-0.4, -0.2) is 29.3 Å². The number of amides is 1. The number of carbonyl (C=O) groups is 1. The Kier molecular flexibility index (Phi) is 5.69. The second kappa shape index (κ2) is 7.04. The summed E-state index contributed by atoms with van der Waals surface area (Å²) in [5.41, 5.74) is 0.210. The van der Waals surface area contributed by atoms with Crippen LogP contribution in [0, 0.1) is 10.1 Å². The van der Waals surface area contributed by atoms with Crippen LogP contribution in [0.3, 0.4) is 0 Å². The van der Waals surface area contributed by atoms with Crippen LogP contribution in [0.25, 0.3) is 0 Å². The number of unbranched alkanes of at least 4 members (excludes halogenated alkanes) is 1. The number of non-ortho nitro benzene ring substituents is 1. The smallest absolute Gasteiger partial charge is 0.270 e. The van der Waals surface area contributed by atoms with Crippen molar-refractivity contribution in [3.63, 3.8) is 0 Å². The number of nitro benzene ring substituents is 1. The van der Waals surface area contributed by atoms with Crippen LogP contribution in [0.15, 0.2) is 35.3 Å². The lowest BCUT2D eigenvalue weighted by atomic mass is 10.1. The van der Waals surface area contributed by atoms with Crippen molar-refractivity contribution < 1.29 is 9.72 Å². The van der Waals surface area contributed by atoms with E-state index in [-0.39, 0.29) is 11.6 Å². The molecule has 5 nitrogen and oxygen atoms in total. The van der Waals surface area contributed by atoms with Gasteiger partial charge in [-0.05, 0) is 34.8 Å². The van der Waals surface area contributed by atoms with Gasteiger partial charge in [-0.2, -0.15) is 0 Å². The summed E-state index contributed by atoms with van der Waals surface area (Å²) in [5, 5.41) is 10.7. The molecule has 0 aromatic heterocycles. The van der Waals surface area contributed by atoms with Crippen LogP contribution in [0.4, 0.5) is 5.69 Å². The third kappa shape index (κ3) is 4.17. The van der Waals surface area contributed by atoms with Gasteiger partial charge in [-0.25, -0.2) is 0 Å². The predicted octanol–water partition coefficient (Wildman–Crippen LogP) is 3.40. The fourth-order valence-corrected chi connectivity index (χ4v) is 1.99. The molecule has 1 aromatic rings. The number of nitrogens with zero attached hydrogens (tertiary/aromatic N) is 2. The van der Waals surface area contributed by atoms with Crippen molar-refractivity contribution in [3.05, 3.63) is 51.0 Å². The van der Waals surface area contributed by atoms with Gasteiger partial charge in [-0.15, -0.1) is 6.58 Å². The molecule has 0 aliphatic rings. The Morgan fingerprint density at radius 2 is 2.26 bits per heavy atom. The molecule has 1 aromatic carbocycles. The van der Waals surface area contributed by atoms with Gasteiger partial charge < -0.3 is 4.90 Å². The monoisotopic (exact) mass is 326 g/mol. The van der Waals surface area contributed by atoms with Crippen molar-refractivity contribution >= 4 is 27.5 Å². The Balaban J connectivity index is 2.88. The second-order valence-corrected chi connectivity index (χ2v) is 4.93. The quantitative estimate of drug-likeness (QED) is 0.348. The van der Waals surface area contributed by atoms with Crippen molar-refractivity contribution in [1.82, 2.24) is 4.90 Å². The second-order valence-electron chi connectivity index (χ2n) is 4.08. The molecular weight excluding hydrogens is 312 g/mol. The third-order valence-electron chi connectivity index (χ3n) is 2.64. The Morgan fingerprint density at radius 3 is 2.84 bits per heavy atom. The number of allylic oxidation sites excluding steroid dienone is 1. The zero-order chi connectivity index (χ0) is 14.4. The number of halogens is 1. The summed E-state index contributed by atoms with van der Waals surface area (Å²) in [4.78, 5) is 23.9. The molecule has 0 spiro atoms. The molecule has 0 aliphatic heterocycles. The van der Waals surface area contributed by atoms with Crippen molar-refractivity contribution in [2.75, 3.05) is 13.6 Å². The molecule has 0 bridgehead atoms. The maximum atomic E-state index is 12.2. The van der Waals surface area contributed by atoms with Gasteiger partial charge in [-0.1, -0.05) is 6.08 Å². The topological polar surface area (TPSA) is 63.5 Å². The molecule has 102 valence electrons. The van der Waals surface area contributed by atoms with Crippen molar-refractivity contribution in [1.29, 1.82) is 0 Å². The molecule has 1 rings (SSSR count). The van der Waals surface area contributed by atoms with Gasteiger partial charge in [0.25, 0.3) is 11.6 Å². The highest BCUT2D eigenvalue weighted by Gasteiger charge is 2.18. The summed E-state index contributed by atoms with van der Waals surface area (Å²) >= 11 is 3.24. The molecule has 19 heavy (non-hydrogen) atoms. The van der Waals surface area contributed by atoms with E-state index in [4.69, 9.17) is 0 Å². The Labute approximate surface area is 120 Å². The van der Waals surface area contributed by atoms with Crippen LogP contribution < -0.4 is 0 Å². The molecule has 0 N–H and O–H groups in total. The molecule has 0 unspecified atom stereocenters. The number of rotatable bonds is 6. The summed E-state index contributed by atoms with van der Waals surface area (Å²) in [6.07, 6.45) is 3.44. The first-order valence-corrected chi connectivity index (χ1v) is 6.57. The van der Waals surface area contributed by atoms with E-state index in [1.54, 1.807) is 18.0 Å². The highest BCUT2D eigenvalue weighted by molar-refractivity contribution is 9.10. The molecule has 1 amide bonds. The minimum atomic E-state index is -0.513. The Morgan fingerprint density at radius 1 is 1.58 bits per heavy atom. The lowest BCUT2D eigenvalue weighted by Gasteiger charge is -2.17. The fraction of sp³-hybridized carbons (Fsp3) is 0.308. The number of benzene rings is 1. The van der Waals surface area contributed by atoms with Crippen LogP contribution in [-0.2, 0) is 0 Å². The SMILES string of the molecule is C=CCCCN(C)C(=O)c1cc([N+](=O)[O-])ccc1Br. The highest BCUT2D eigenvalue weighted by Crippen LogP contribution is 2.23. The first-order valence-electron chi connectivity index (χ1n) is 5.77. The van der Waals surface area contributed by atoms with E-state index in [9.17, 15) is 14.9 Å². The van der Waals surface area contributed by atoms with Gasteiger partial charge in [0, 0.05) is 30.2 Å². The van der Waals surface area contributed by atoms with Gasteiger partial charge >= 0.3 is 0 Å². The largest absolute Gasteiger partial charge is 0.342 e. The first-order chi connectivity index (χ1) is 8.97. The normalized spacial score (nSPS) is 10.0. The number of hydrogen-bond acceptors (Lipinski definition) is 3. The van der Waals surface area contributed by atoms with E-state index >= 15 is 0 Å². The fourth-order valence-electron chi connectivity index (χ4n) is 1.57. The minimum absolute atomic E-state index is 0.0916. The van der Waals surface area contributed by atoms with Crippen molar-refractivity contribution in [2.24, 2.45) is 0 Å². The zero-order valence-electron chi connectivity index (χ0n) is 10.6. The molecule has 0 saturated heterocycles. The molecular formula is C13H15BrN2O3. The first kappa shape index (κ1) is 15.4. The van der Waals surface area contributed by atoms with Gasteiger partial charge in [-0.3, -0.25) is 14.9 Å². The van der Waals surface area contributed by atoms with E-state index in [2.05, 4.69) is 22.5 Å². The molecule has 0 radical (unpaired) electrons. The average molecular weight is 327 g/mol. The summed E-state index contributed by atoms with van der Waals surface area (Å²) in [6.45, 7) is 4.20. The Hall–Kier alpha value is -1.69. The van der Waals surface area contributed by atoms with Gasteiger partial charge in [0.2, 0.25) is 0 Å². The maximum Gasteiger partial charge on any atom is 0.270 e. The predicted molar refractivity (Wildman–Crippen MR) is 77.2 cm³/mol. The van der Waals surface area contributed by atoms with Gasteiger partial charge in [0.15, 0.2) is 0 Å². The zero-order valence-corrected chi connectivity index (χ0v) is 12.2. The molecule has 0 saturated carbocycles. The lowest BCUT2D eigenvalue weighted by molar-refractivity contribution is -0.384. The van der Waals surface area contributed by atoms with E-state index in [1.165, 1.54) is 18.2 Å². The lowest BCUT2D eigenvalue weighted by Crippen LogP contribution is -2.28. The van der Waals surface area contributed by atoms with Crippen LogP contribution in [0.2, 0.25) is 0 Å². The number of hydrogen-bond donors (Lipinski definition) is 0. The Bertz CT molecular complexity index is 503. The standard InChI is InChI=1S/C13H15BrN2O3/c1-3-4-5-8-15(2)13(17)11-9-10(16(18)19)6-7-12(11)14/h3,6-7,9H,1,4-5,8H2,2H3. The van der Waals surface area contributed by atoms with Crippen molar-refractivity contribution in [3.8, 4) is 0 Å². The summed E-state index contributed by atoms with van der Waals surface area (Å²) in [6, 6.07) is 4.16. The van der Waals surface area contributed by atoms with E-state index in [0.717, 1.165) is 12.8 Å². The molecule has 0 atom stereocenters. The summed E-state index contributed by atoms with van der Waals surface area (Å²) in [5.74, 6) is -0.236. The van der Waals surface area contributed by atoms with E-state index < -0.39 is 4.92 Å².